The number of rotatable bonds is 2. The van der Waals surface area contributed by atoms with Crippen molar-refractivity contribution in [2.45, 2.75) is 5.75 Å². The van der Waals surface area contributed by atoms with Gasteiger partial charge in [0.05, 0.1) is 15.8 Å². The molecule has 0 aliphatic heterocycles. The van der Waals surface area contributed by atoms with Gasteiger partial charge in [-0.3, -0.25) is 0 Å². The molecule has 1 N–H and O–H groups in total. The van der Waals surface area contributed by atoms with Gasteiger partial charge >= 0.3 is 18.9 Å². The van der Waals surface area contributed by atoms with Crippen LogP contribution in [0, 0.1) is 0 Å². The molecule has 1 rings (SSSR count). The van der Waals surface area contributed by atoms with Crippen LogP contribution < -0.4 is 18.9 Å². The molecule has 5 heteroatoms. The normalized spacial score (nSPS) is 10.4. The van der Waals surface area contributed by atoms with Crippen LogP contribution >= 0.6 is 0 Å². The Kier molecular flexibility index (Phi) is 4.57. The molecule has 0 spiro atoms. The van der Waals surface area contributed by atoms with Crippen LogP contribution in [-0.4, -0.2) is 8.42 Å². The number of hydrogen-bond acceptors (Lipinski definition) is 2. The zero-order valence-electron chi connectivity index (χ0n) is 6.82. The van der Waals surface area contributed by atoms with Crippen LogP contribution in [0.2, 0.25) is 0 Å². The van der Waals surface area contributed by atoms with Gasteiger partial charge in [0.1, 0.15) is 0 Å². The fourth-order valence-electron chi connectivity index (χ4n) is 0.794. The molecular formula is C7H8LiNO2S. The van der Waals surface area contributed by atoms with Crippen molar-refractivity contribution in [2.75, 3.05) is 0 Å². The zero-order valence-corrected chi connectivity index (χ0v) is 7.64. The fourth-order valence-corrected chi connectivity index (χ4v) is 1.42. The van der Waals surface area contributed by atoms with Gasteiger partial charge in [-0.05, 0) is 5.56 Å². The summed E-state index contributed by atoms with van der Waals surface area (Å²) in [5.41, 5.74) is 0.655. The first kappa shape index (κ1) is 11.7. The average Bonchev–Trinajstić information content (AvgIpc) is 1.85. The molecule has 0 unspecified atom stereocenters. The van der Waals surface area contributed by atoms with Crippen molar-refractivity contribution >= 4 is 10.0 Å². The average molecular weight is 177 g/mol. The molecular weight excluding hydrogens is 169 g/mol. The number of sulfonamides is 1. The van der Waals surface area contributed by atoms with E-state index in [9.17, 15) is 8.42 Å². The van der Waals surface area contributed by atoms with E-state index in [4.69, 9.17) is 5.14 Å². The van der Waals surface area contributed by atoms with Crippen molar-refractivity contribution in [3.05, 3.63) is 41.0 Å². The molecule has 0 aliphatic rings. The van der Waals surface area contributed by atoms with Crippen LogP contribution in [0.5, 0.6) is 0 Å². The second-order valence-electron chi connectivity index (χ2n) is 2.24. The second-order valence-corrected chi connectivity index (χ2v) is 3.76. The standard InChI is InChI=1S/C7H8NO2S.Li/c8-11(9,10)6-7-4-2-1-3-5-7;/h1-5H,6H2,(H-,8,9,10);/q-1;+1. The maximum atomic E-state index is 10.5. The van der Waals surface area contributed by atoms with Crippen LogP contribution in [-0.2, 0) is 15.8 Å². The molecule has 60 valence electrons. The Morgan fingerprint density at radius 1 is 1.17 bits per heavy atom. The molecule has 0 atom stereocenters. The fraction of sp³-hybridized carbons (Fsp3) is 0.143. The first-order valence-electron chi connectivity index (χ1n) is 3.09. The first-order chi connectivity index (χ1) is 5.08. The molecule has 0 saturated heterocycles. The van der Waals surface area contributed by atoms with Gasteiger partial charge in [0, 0.05) is 0 Å². The SMILES string of the molecule is [Li+].[NH-]S(=O)(=O)Cc1ccccc1. The van der Waals surface area contributed by atoms with Crippen LogP contribution in [0.1, 0.15) is 5.56 Å². The van der Waals surface area contributed by atoms with Gasteiger partial charge in [-0.25, -0.2) is 8.42 Å². The number of hydrogen-bond donors (Lipinski definition) is 0. The summed E-state index contributed by atoms with van der Waals surface area (Å²) in [5.74, 6) is -0.201. The summed E-state index contributed by atoms with van der Waals surface area (Å²) >= 11 is 0. The van der Waals surface area contributed by atoms with Gasteiger partial charge in [0.2, 0.25) is 0 Å². The van der Waals surface area contributed by atoms with Crippen LogP contribution in [0.3, 0.4) is 0 Å². The van der Waals surface area contributed by atoms with E-state index in [0.29, 0.717) is 5.56 Å². The molecule has 0 radical (unpaired) electrons. The third-order valence-corrected chi connectivity index (χ3v) is 1.91. The molecule has 0 heterocycles. The first-order valence-corrected chi connectivity index (χ1v) is 4.74. The summed E-state index contributed by atoms with van der Waals surface area (Å²) in [6.45, 7) is 0. The van der Waals surface area contributed by atoms with Gasteiger partial charge in [-0.1, -0.05) is 30.3 Å². The predicted octanol–water partition coefficient (Wildman–Crippen LogP) is -1.43. The smallest absolute Gasteiger partial charge is 0.564 e. The third-order valence-electron chi connectivity index (χ3n) is 1.20. The summed E-state index contributed by atoms with van der Waals surface area (Å²) in [4.78, 5) is 0. The van der Waals surface area contributed by atoms with E-state index in [1.165, 1.54) is 0 Å². The van der Waals surface area contributed by atoms with E-state index >= 15 is 0 Å². The van der Waals surface area contributed by atoms with Gasteiger partial charge in [-0.15, -0.1) is 0 Å². The summed E-state index contributed by atoms with van der Waals surface area (Å²) in [6.07, 6.45) is 0. The molecule has 0 aromatic heterocycles. The van der Waals surface area contributed by atoms with Crippen LogP contribution in [0.15, 0.2) is 30.3 Å². The van der Waals surface area contributed by atoms with E-state index in [0.717, 1.165) is 0 Å². The summed E-state index contributed by atoms with van der Waals surface area (Å²) in [7, 11) is -3.63. The third kappa shape index (κ3) is 4.57. The van der Waals surface area contributed by atoms with Crippen molar-refractivity contribution in [1.29, 1.82) is 0 Å². The number of nitrogens with one attached hydrogen (secondary N) is 1. The van der Waals surface area contributed by atoms with Crippen molar-refractivity contribution in [1.82, 2.24) is 0 Å². The number of benzene rings is 1. The Balaban J connectivity index is 0.00000121. The quantitative estimate of drug-likeness (QED) is 0.520. The monoisotopic (exact) mass is 177 g/mol. The topological polar surface area (TPSA) is 57.9 Å². The van der Waals surface area contributed by atoms with Crippen molar-refractivity contribution in [2.24, 2.45) is 0 Å². The largest absolute Gasteiger partial charge is 1.00 e. The van der Waals surface area contributed by atoms with E-state index in [-0.39, 0.29) is 24.6 Å². The predicted molar refractivity (Wildman–Crippen MR) is 43.4 cm³/mol. The molecule has 3 nitrogen and oxygen atoms in total. The molecule has 0 amide bonds. The maximum absolute atomic E-state index is 10.5. The minimum Gasteiger partial charge on any atom is -0.564 e. The second kappa shape index (κ2) is 4.68. The van der Waals surface area contributed by atoms with Crippen molar-refractivity contribution in [3.8, 4) is 0 Å². The Hall–Kier alpha value is -0.273. The minimum absolute atomic E-state index is 0. The van der Waals surface area contributed by atoms with Crippen LogP contribution in [0.25, 0.3) is 5.14 Å². The van der Waals surface area contributed by atoms with E-state index in [1.807, 2.05) is 0 Å². The Labute approximate surface area is 84.2 Å². The molecule has 1 aromatic carbocycles. The van der Waals surface area contributed by atoms with E-state index in [1.54, 1.807) is 30.3 Å². The molecule has 12 heavy (non-hydrogen) atoms. The zero-order chi connectivity index (χ0) is 8.32. The van der Waals surface area contributed by atoms with E-state index < -0.39 is 10.0 Å². The van der Waals surface area contributed by atoms with Gasteiger partial charge in [0.25, 0.3) is 0 Å². The molecule has 0 aliphatic carbocycles. The Bertz CT molecular complexity index is 323. The van der Waals surface area contributed by atoms with Gasteiger partial charge in [-0.2, -0.15) is 0 Å². The van der Waals surface area contributed by atoms with Gasteiger partial charge in [0.15, 0.2) is 0 Å². The Morgan fingerprint density at radius 2 is 1.67 bits per heavy atom. The minimum atomic E-state index is -3.63. The summed E-state index contributed by atoms with van der Waals surface area (Å²) in [5, 5.41) is 6.64. The molecule has 0 saturated carbocycles. The van der Waals surface area contributed by atoms with Crippen molar-refractivity contribution < 1.29 is 27.3 Å². The molecule has 1 aromatic rings. The van der Waals surface area contributed by atoms with Crippen molar-refractivity contribution in [3.63, 3.8) is 0 Å². The maximum Gasteiger partial charge on any atom is 1.00 e. The van der Waals surface area contributed by atoms with E-state index in [2.05, 4.69) is 0 Å². The Morgan fingerprint density at radius 3 is 2.08 bits per heavy atom. The summed E-state index contributed by atoms with van der Waals surface area (Å²) in [6, 6.07) is 8.68. The van der Waals surface area contributed by atoms with Crippen LogP contribution in [0.4, 0.5) is 0 Å². The van der Waals surface area contributed by atoms with Gasteiger partial charge < -0.3 is 5.14 Å². The molecule has 0 bridgehead atoms. The molecule has 0 fully saturated rings. The summed E-state index contributed by atoms with van der Waals surface area (Å²) < 4.78 is 20.9.